The van der Waals surface area contributed by atoms with Gasteiger partial charge in [0.15, 0.2) is 5.82 Å². The minimum atomic E-state index is -1.02. The molecule has 0 saturated carbocycles. The SMILES string of the molecule is Cc1nc(CNC(=O)c2ccc(/C=C/C(=O)O)cc2)no1. The van der Waals surface area contributed by atoms with Crippen LogP contribution in [0.5, 0.6) is 0 Å². The molecule has 0 fully saturated rings. The fraction of sp³-hybridized carbons (Fsp3) is 0.143. The quantitative estimate of drug-likeness (QED) is 0.805. The first-order valence-electron chi connectivity index (χ1n) is 6.13. The largest absolute Gasteiger partial charge is 0.478 e. The van der Waals surface area contributed by atoms with Gasteiger partial charge in [0.25, 0.3) is 5.91 Å². The molecule has 7 heteroatoms. The van der Waals surface area contributed by atoms with Gasteiger partial charge in [-0.25, -0.2) is 4.79 Å². The number of aliphatic carboxylic acids is 1. The molecule has 1 aromatic heterocycles. The molecule has 7 nitrogen and oxygen atoms in total. The molecule has 0 spiro atoms. The predicted molar refractivity (Wildman–Crippen MR) is 73.3 cm³/mol. The summed E-state index contributed by atoms with van der Waals surface area (Å²) in [5, 5.41) is 14.9. The topological polar surface area (TPSA) is 105 Å². The van der Waals surface area contributed by atoms with E-state index in [1.807, 2.05) is 0 Å². The smallest absolute Gasteiger partial charge is 0.328 e. The molecule has 0 unspecified atom stereocenters. The Morgan fingerprint density at radius 1 is 1.33 bits per heavy atom. The number of carboxylic acids is 1. The molecule has 0 radical (unpaired) electrons. The van der Waals surface area contributed by atoms with Crippen LogP contribution in [-0.4, -0.2) is 27.1 Å². The van der Waals surface area contributed by atoms with Crippen LogP contribution < -0.4 is 5.32 Å². The first-order chi connectivity index (χ1) is 10.0. The lowest BCUT2D eigenvalue weighted by Gasteiger charge is -2.02. The molecule has 1 heterocycles. The van der Waals surface area contributed by atoms with E-state index in [1.54, 1.807) is 31.2 Å². The maximum Gasteiger partial charge on any atom is 0.328 e. The van der Waals surface area contributed by atoms with Crippen LogP contribution in [0.4, 0.5) is 0 Å². The second kappa shape index (κ2) is 6.47. The van der Waals surface area contributed by atoms with Crippen LogP contribution in [0.25, 0.3) is 6.08 Å². The molecule has 0 aliphatic heterocycles. The maximum atomic E-state index is 11.9. The van der Waals surface area contributed by atoms with Gasteiger partial charge in [0.2, 0.25) is 5.89 Å². The number of carboxylic acid groups (broad SMARTS) is 1. The van der Waals surface area contributed by atoms with Crippen LogP contribution in [0.2, 0.25) is 0 Å². The molecule has 0 atom stereocenters. The predicted octanol–water partition coefficient (Wildman–Crippen LogP) is 1.41. The van der Waals surface area contributed by atoms with E-state index in [4.69, 9.17) is 9.63 Å². The third-order valence-electron chi connectivity index (χ3n) is 2.57. The standard InChI is InChI=1S/C14H13N3O4/c1-9-16-12(17-21-9)8-15-14(20)11-5-2-10(3-6-11)4-7-13(18)19/h2-7H,8H2,1H3,(H,15,20)(H,18,19)/b7-4+. The normalized spacial score (nSPS) is 10.7. The van der Waals surface area contributed by atoms with Crippen molar-refractivity contribution in [2.24, 2.45) is 0 Å². The number of nitrogens with one attached hydrogen (secondary N) is 1. The van der Waals surface area contributed by atoms with Crippen LogP contribution >= 0.6 is 0 Å². The Morgan fingerprint density at radius 2 is 2.05 bits per heavy atom. The van der Waals surface area contributed by atoms with Crippen molar-refractivity contribution >= 4 is 18.0 Å². The maximum absolute atomic E-state index is 11.9. The molecular formula is C14H13N3O4. The van der Waals surface area contributed by atoms with Crippen LogP contribution in [0.3, 0.4) is 0 Å². The summed E-state index contributed by atoms with van der Waals surface area (Å²) >= 11 is 0. The lowest BCUT2D eigenvalue weighted by Crippen LogP contribution is -2.23. The van der Waals surface area contributed by atoms with Crippen molar-refractivity contribution in [3.05, 3.63) is 53.2 Å². The van der Waals surface area contributed by atoms with E-state index in [-0.39, 0.29) is 12.5 Å². The van der Waals surface area contributed by atoms with E-state index in [2.05, 4.69) is 15.5 Å². The van der Waals surface area contributed by atoms with Gasteiger partial charge in [-0.2, -0.15) is 4.98 Å². The zero-order valence-corrected chi connectivity index (χ0v) is 11.2. The summed E-state index contributed by atoms with van der Waals surface area (Å²) in [7, 11) is 0. The second-order valence-electron chi connectivity index (χ2n) is 4.21. The Labute approximate surface area is 120 Å². The van der Waals surface area contributed by atoms with Gasteiger partial charge in [-0.15, -0.1) is 0 Å². The highest BCUT2D eigenvalue weighted by Gasteiger charge is 2.07. The summed E-state index contributed by atoms with van der Waals surface area (Å²) in [5.74, 6) is -0.450. The zero-order chi connectivity index (χ0) is 15.2. The summed E-state index contributed by atoms with van der Waals surface area (Å²) in [4.78, 5) is 26.3. The highest BCUT2D eigenvalue weighted by atomic mass is 16.5. The number of aryl methyl sites for hydroxylation is 1. The number of amides is 1. The van der Waals surface area contributed by atoms with Crippen molar-refractivity contribution in [2.75, 3.05) is 0 Å². The van der Waals surface area contributed by atoms with Crippen LogP contribution in [0.1, 0.15) is 27.6 Å². The van der Waals surface area contributed by atoms with E-state index in [1.165, 1.54) is 6.08 Å². The van der Waals surface area contributed by atoms with Crippen LogP contribution in [0, 0.1) is 6.92 Å². The Bertz CT molecular complexity index is 674. The van der Waals surface area contributed by atoms with E-state index in [0.717, 1.165) is 6.08 Å². The van der Waals surface area contributed by atoms with Gasteiger partial charge in [-0.1, -0.05) is 17.3 Å². The van der Waals surface area contributed by atoms with Gasteiger partial charge in [0.05, 0.1) is 6.54 Å². The van der Waals surface area contributed by atoms with Crippen LogP contribution in [0.15, 0.2) is 34.9 Å². The molecule has 0 saturated heterocycles. The van der Waals surface area contributed by atoms with Gasteiger partial charge in [0, 0.05) is 18.6 Å². The van der Waals surface area contributed by atoms with Crippen molar-refractivity contribution in [1.29, 1.82) is 0 Å². The van der Waals surface area contributed by atoms with Crippen molar-refractivity contribution < 1.29 is 19.2 Å². The average molecular weight is 287 g/mol. The average Bonchev–Trinajstić information content (AvgIpc) is 2.89. The van der Waals surface area contributed by atoms with Gasteiger partial charge >= 0.3 is 5.97 Å². The highest BCUT2D eigenvalue weighted by Crippen LogP contribution is 2.06. The number of benzene rings is 1. The van der Waals surface area contributed by atoms with Crippen LogP contribution in [-0.2, 0) is 11.3 Å². The molecule has 2 aromatic rings. The monoisotopic (exact) mass is 287 g/mol. The summed E-state index contributed by atoms with van der Waals surface area (Å²) in [6, 6.07) is 6.54. The van der Waals surface area contributed by atoms with E-state index < -0.39 is 5.97 Å². The van der Waals surface area contributed by atoms with Gasteiger partial charge in [0.1, 0.15) is 0 Å². The number of hydrogen-bond acceptors (Lipinski definition) is 5. The van der Waals surface area contributed by atoms with Crippen molar-refractivity contribution in [3.63, 3.8) is 0 Å². The lowest BCUT2D eigenvalue weighted by atomic mass is 10.1. The van der Waals surface area contributed by atoms with Gasteiger partial charge < -0.3 is 14.9 Å². The first-order valence-corrected chi connectivity index (χ1v) is 6.13. The second-order valence-corrected chi connectivity index (χ2v) is 4.21. The number of rotatable bonds is 5. The summed E-state index contributed by atoms with van der Waals surface area (Å²) in [6.45, 7) is 1.85. The third-order valence-corrected chi connectivity index (χ3v) is 2.57. The molecule has 0 bridgehead atoms. The zero-order valence-electron chi connectivity index (χ0n) is 11.2. The van der Waals surface area contributed by atoms with Gasteiger partial charge in [-0.3, -0.25) is 4.79 Å². The summed E-state index contributed by atoms with van der Waals surface area (Å²) in [6.07, 6.45) is 2.49. The molecule has 1 amide bonds. The van der Waals surface area contributed by atoms with E-state index >= 15 is 0 Å². The van der Waals surface area contributed by atoms with Gasteiger partial charge in [-0.05, 0) is 23.8 Å². The summed E-state index contributed by atoms with van der Waals surface area (Å²) < 4.78 is 4.80. The Morgan fingerprint density at radius 3 is 2.62 bits per heavy atom. The summed E-state index contributed by atoms with van der Waals surface area (Å²) in [5.41, 5.74) is 1.16. The van der Waals surface area contributed by atoms with E-state index in [0.29, 0.717) is 22.8 Å². The number of nitrogens with zero attached hydrogens (tertiary/aromatic N) is 2. The lowest BCUT2D eigenvalue weighted by molar-refractivity contribution is -0.131. The fourth-order valence-electron chi connectivity index (χ4n) is 1.59. The Balaban J connectivity index is 1.95. The van der Waals surface area contributed by atoms with Crippen molar-refractivity contribution in [1.82, 2.24) is 15.5 Å². The number of carbonyl (C=O) groups is 2. The third kappa shape index (κ3) is 4.27. The molecule has 0 aliphatic carbocycles. The number of aromatic nitrogens is 2. The molecule has 2 N–H and O–H groups in total. The highest BCUT2D eigenvalue weighted by molar-refractivity contribution is 5.94. The minimum Gasteiger partial charge on any atom is -0.478 e. The first kappa shape index (κ1) is 14.4. The number of carbonyl (C=O) groups excluding carboxylic acids is 1. The molecule has 1 aromatic carbocycles. The van der Waals surface area contributed by atoms with E-state index in [9.17, 15) is 9.59 Å². The fourth-order valence-corrected chi connectivity index (χ4v) is 1.59. The molecule has 0 aliphatic rings. The van der Waals surface area contributed by atoms with Crippen molar-refractivity contribution in [2.45, 2.75) is 13.5 Å². The Hall–Kier alpha value is -2.96. The number of hydrogen-bond donors (Lipinski definition) is 2. The molecule has 21 heavy (non-hydrogen) atoms. The molecule has 2 rings (SSSR count). The minimum absolute atomic E-state index is 0.177. The molecule has 108 valence electrons. The van der Waals surface area contributed by atoms with Crippen molar-refractivity contribution in [3.8, 4) is 0 Å². The molecular weight excluding hydrogens is 274 g/mol. The Kier molecular flexibility index (Phi) is 4.45.